The van der Waals surface area contributed by atoms with E-state index in [9.17, 15) is 19.8 Å². The molecule has 6 heteroatoms. The van der Waals surface area contributed by atoms with Gasteiger partial charge in [-0.05, 0) is 57.8 Å². The fraction of sp³-hybridized carbons (Fsp3) is 0.909. The molecule has 0 bridgehead atoms. The Balaban J connectivity index is 3.47. The molecule has 0 fully saturated rings. The summed E-state index contributed by atoms with van der Waals surface area (Å²) < 4.78 is 5.48. The maximum atomic E-state index is 12.5. The Morgan fingerprint density at radius 3 is 0.986 bits per heavy atom. The normalized spacial score (nSPS) is 12.7. The predicted molar refractivity (Wildman–Crippen MR) is 315 cm³/mol. The third kappa shape index (κ3) is 57.6. The minimum absolute atomic E-state index is 0.00600. The highest BCUT2D eigenvalue weighted by atomic mass is 16.5. The molecule has 6 nitrogen and oxygen atoms in total. The zero-order valence-electron chi connectivity index (χ0n) is 48.7. The standard InChI is InChI=1S/C66H127NO5/c1-3-5-7-9-11-13-15-17-19-21-23-24-25-26-27-30-34-38-42-46-50-54-58-64(69)63(62-68)67-65(70)59-55-51-47-43-39-35-31-29-33-37-41-45-49-53-57-61-72-66(71)60-56-52-48-44-40-36-32-28-22-20-18-16-14-12-10-8-6-4-2/h33,37,54,58,63-64,68-69H,3-32,34-36,38-53,55-57,59-62H2,1-2H3,(H,67,70)/b37-33-,58-54+. The van der Waals surface area contributed by atoms with Gasteiger partial charge in [-0.3, -0.25) is 9.59 Å². The van der Waals surface area contributed by atoms with Gasteiger partial charge in [0, 0.05) is 12.8 Å². The largest absolute Gasteiger partial charge is 0.466 e. The van der Waals surface area contributed by atoms with Crippen LogP contribution in [0, 0.1) is 0 Å². The first-order valence-corrected chi connectivity index (χ1v) is 32.6. The molecule has 0 saturated heterocycles. The minimum Gasteiger partial charge on any atom is -0.466 e. The molecule has 2 unspecified atom stereocenters. The first-order chi connectivity index (χ1) is 35.5. The lowest BCUT2D eigenvalue weighted by molar-refractivity contribution is -0.143. The van der Waals surface area contributed by atoms with Crippen molar-refractivity contribution in [2.45, 2.75) is 373 Å². The molecule has 0 aromatic rings. The van der Waals surface area contributed by atoms with Crippen LogP contribution in [0.3, 0.4) is 0 Å². The van der Waals surface area contributed by atoms with Crippen LogP contribution < -0.4 is 5.32 Å². The first kappa shape index (κ1) is 70.3. The lowest BCUT2D eigenvalue weighted by Crippen LogP contribution is -2.45. The summed E-state index contributed by atoms with van der Waals surface area (Å²) in [6.45, 7) is 4.90. The Hall–Kier alpha value is -1.66. The third-order valence-electron chi connectivity index (χ3n) is 15.2. The number of aliphatic hydroxyl groups excluding tert-OH is 2. The number of carbonyl (C=O) groups excluding carboxylic acids is 2. The van der Waals surface area contributed by atoms with Crippen molar-refractivity contribution in [3.63, 3.8) is 0 Å². The van der Waals surface area contributed by atoms with Crippen LogP contribution in [0.25, 0.3) is 0 Å². The Labute approximate surface area is 450 Å². The molecule has 0 aliphatic heterocycles. The van der Waals surface area contributed by atoms with Crippen molar-refractivity contribution in [1.82, 2.24) is 5.32 Å². The maximum absolute atomic E-state index is 12.5. The summed E-state index contributed by atoms with van der Waals surface area (Å²) in [4.78, 5) is 24.6. The number of nitrogens with one attached hydrogen (secondary N) is 1. The van der Waals surface area contributed by atoms with Crippen molar-refractivity contribution in [3.05, 3.63) is 24.3 Å². The smallest absolute Gasteiger partial charge is 0.305 e. The number of unbranched alkanes of at least 4 members (excludes halogenated alkanes) is 48. The molecule has 0 saturated carbocycles. The number of hydrogen-bond acceptors (Lipinski definition) is 5. The molecule has 72 heavy (non-hydrogen) atoms. The Bertz CT molecular complexity index is 1120. The predicted octanol–water partition coefficient (Wildman–Crippen LogP) is 20.6. The molecule has 0 aromatic heterocycles. The number of hydrogen-bond donors (Lipinski definition) is 3. The van der Waals surface area contributed by atoms with Gasteiger partial charge in [-0.1, -0.05) is 314 Å². The van der Waals surface area contributed by atoms with Gasteiger partial charge < -0.3 is 20.3 Å². The zero-order chi connectivity index (χ0) is 52.2. The van der Waals surface area contributed by atoms with Gasteiger partial charge in [0.2, 0.25) is 5.91 Å². The van der Waals surface area contributed by atoms with E-state index in [4.69, 9.17) is 4.74 Å². The summed E-state index contributed by atoms with van der Waals surface area (Å²) in [5.41, 5.74) is 0. The lowest BCUT2D eigenvalue weighted by Gasteiger charge is -2.20. The maximum Gasteiger partial charge on any atom is 0.305 e. The SMILES string of the molecule is CCCCCCCCCCCCCCCCCCCCCC/C=C/C(O)C(CO)NC(=O)CCCCCCCCC/C=C\CCCCCCOC(=O)CCCCCCCCCCCCCCCCCCCC. The molecule has 1 amide bonds. The summed E-state index contributed by atoms with van der Waals surface area (Å²) in [6, 6.07) is -0.640. The number of amides is 1. The van der Waals surface area contributed by atoms with Crippen LogP contribution in [-0.4, -0.2) is 47.4 Å². The van der Waals surface area contributed by atoms with E-state index in [-0.39, 0.29) is 18.5 Å². The van der Waals surface area contributed by atoms with E-state index < -0.39 is 12.1 Å². The van der Waals surface area contributed by atoms with E-state index in [0.29, 0.717) is 19.4 Å². The summed E-state index contributed by atoms with van der Waals surface area (Å²) in [6.07, 6.45) is 76.5. The molecule has 0 aromatic carbocycles. The van der Waals surface area contributed by atoms with Gasteiger partial charge in [0.05, 0.1) is 25.4 Å². The average Bonchev–Trinajstić information content (AvgIpc) is 3.38. The van der Waals surface area contributed by atoms with Crippen molar-refractivity contribution in [2.75, 3.05) is 13.2 Å². The number of rotatable bonds is 61. The van der Waals surface area contributed by atoms with Gasteiger partial charge in [-0.15, -0.1) is 0 Å². The topological polar surface area (TPSA) is 95.9 Å². The molecule has 0 radical (unpaired) electrons. The summed E-state index contributed by atoms with van der Waals surface area (Å²) in [7, 11) is 0. The number of aliphatic hydroxyl groups is 2. The van der Waals surface area contributed by atoms with E-state index >= 15 is 0 Å². The van der Waals surface area contributed by atoms with Crippen LogP contribution >= 0.6 is 0 Å². The number of carbonyl (C=O) groups is 2. The third-order valence-corrected chi connectivity index (χ3v) is 15.2. The van der Waals surface area contributed by atoms with Crippen molar-refractivity contribution in [2.24, 2.45) is 0 Å². The van der Waals surface area contributed by atoms with Crippen molar-refractivity contribution < 1.29 is 24.5 Å². The summed E-state index contributed by atoms with van der Waals surface area (Å²) in [5, 5.41) is 23.2. The van der Waals surface area contributed by atoms with Gasteiger partial charge in [0.1, 0.15) is 0 Å². The molecule has 0 spiro atoms. The molecule has 0 aliphatic carbocycles. The van der Waals surface area contributed by atoms with Crippen LogP contribution in [0.5, 0.6) is 0 Å². The average molecular weight is 1010 g/mol. The molecular formula is C66H127NO5. The Kier molecular flexibility index (Phi) is 60.5. The van der Waals surface area contributed by atoms with Crippen LogP contribution in [-0.2, 0) is 14.3 Å². The number of allylic oxidation sites excluding steroid dienone is 3. The van der Waals surface area contributed by atoms with Gasteiger partial charge in [0.25, 0.3) is 0 Å². The summed E-state index contributed by atoms with van der Waals surface area (Å²) in [5.74, 6) is -0.0855. The fourth-order valence-electron chi connectivity index (χ4n) is 10.2. The first-order valence-electron chi connectivity index (χ1n) is 32.6. The monoisotopic (exact) mass is 1010 g/mol. The second-order valence-electron chi connectivity index (χ2n) is 22.5. The molecule has 0 heterocycles. The fourth-order valence-corrected chi connectivity index (χ4v) is 10.2. The molecular weight excluding hydrogens is 887 g/mol. The zero-order valence-corrected chi connectivity index (χ0v) is 48.7. The van der Waals surface area contributed by atoms with Crippen LogP contribution in [0.2, 0.25) is 0 Å². The minimum atomic E-state index is -0.855. The Morgan fingerprint density at radius 2 is 0.653 bits per heavy atom. The van der Waals surface area contributed by atoms with Crippen molar-refractivity contribution in [1.29, 1.82) is 0 Å². The highest BCUT2D eigenvalue weighted by Gasteiger charge is 2.18. The van der Waals surface area contributed by atoms with E-state index in [1.165, 1.54) is 263 Å². The van der Waals surface area contributed by atoms with E-state index in [1.807, 2.05) is 6.08 Å². The highest BCUT2D eigenvalue weighted by Crippen LogP contribution is 2.18. The molecule has 3 N–H and O–H groups in total. The van der Waals surface area contributed by atoms with Gasteiger partial charge in [0.15, 0.2) is 0 Å². The number of esters is 1. The van der Waals surface area contributed by atoms with Gasteiger partial charge in [-0.25, -0.2) is 0 Å². The van der Waals surface area contributed by atoms with Gasteiger partial charge >= 0.3 is 5.97 Å². The molecule has 0 rings (SSSR count). The van der Waals surface area contributed by atoms with Crippen molar-refractivity contribution in [3.8, 4) is 0 Å². The second kappa shape index (κ2) is 61.9. The molecule has 2 atom stereocenters. The summed E-state index contributed by atoms with van der Waals surface area (Å²) >= 11 is 0. The van der Waals surface area contributed by atoms with Crippen molar-refractivity contribution >= 4 is 11.9 Å². The van der Waals surface area contributed by atoms with Crippen LogP contribution in [0.1, 0.15) is 361 Å². The van der Waals surface area contributed by atoms with Crippen LogP contribution in [0.4, 0.5) is 0 Å². The van der Waals surface area contributed by atoms with Gasteiger partial charge in [-0.2, -0.15) is 0 Å². The van der Waals surface area contributed by atoms with Crippen LogP contribution in [0.15, 0.2) is 24.3 Å². The number of ether oxygens (including phenoxy) is 1. The molecule has 0 aliphatic rings. The van der Waals surface area contributed by atoms with E-state index in [1.54, 1.807) is 6.08 Å². The lowest BCUT2D eigenvalue weighted by atomic mass is 10.0. The quantitative estimate of drug-likeness (QED) is 0.0320. The van der Waals surface area contributed by atoms with E-state index in [2.05, 4.69) is 31.3 Å². The Morgan fingerprint density at radius 1 is 0.375 bits per heavy atom. The van der Waals surface area contributed by atoms with E-state index in [0.717, 1.165) is 70.6 Å². The highest BCUT2D eigenvalue weighted by molar-refractivity contribution is 5.76. The molecule has 426 valence electrons. The second-order valence-corrected chi connectivity index (χ2v) is 22.5.